The van der Waals surface area contributed by atoms with Crippen LogP contribution in [0.3, 0.4) is 0 Å². The number of methoxy groups -OCH3 is 1. The number of anilines is 1. The van der Waals surface area contributed by atoms with Crippen molar-refractivity contribution in [1.29, 1.82) is 0 Å². The van der Waals surface area contributed by atoms with Gasteiger partial charge in [-0.1, -0.05) is 17.3 Å². The first-order chi connectivity index (χ1) is 11.2. The SMILES string of the molecule is COc1ccccc1-n1nnc(C(=O)NCc2ccco2)c1N. The number of nitrogens with zero attached hydrogens (tertiary/aromatic N) is 3. The van der Waals surface area contributed by atoms with Gasteiger partial charge in [0.2, 0.25) is 0 Å². The Bertz CT molecular complexity index is 810. The molecule has 0 bridgehead atoms. The molecule has 2 heterocycles. The van der Waals surface area contributed by atoms with Gasteiger partial charge in [0.25, 0.3) is 5.91 Å². The molecule has 1 aromatic carbocycles. The molecule has 3 N–H and O–H groups in total. The van der Waals surface area contributed by atoms with Crippen LogP contribution in [0.4, 0.5) is 5.82 Å². The number of aromatic nitrogens is 3. The highest BCUT2D eigenvalue weighted by Gasteiger charge is 2.19. The van der Waals surface area contributed by atoms with Crippen molar-refractivity contribution in [3.05, 3.63) is 54.1 Å². The van der Waals surface area contributed by atoms with Gasteiger partial charge < -0.3 is 20.2 Å². The molecule has 3 rings (SSSR count). The number of hydrogen-bond donors (Lipinski definition) is 2. The van der Waals surface area contributed by atoms with Gasteiger partial charge in [-0.05, 0) is 24.3 Å². The lowest BCUT2D eigenvalue weighted by atomic mass is 10.3. The van der Waals surface area contributed by atoms with Crippen LogP contribution in [0, 0.1) is 0 Å². The van der Waals surface area contributed by atoms with Gasteiger partial charge in [0, 0.05) is 0 Å². The van der Waals surface area contributed by atoms with Crippen LogP contribution in [0.25, 0.3) is 5.69 Å². The van der Waals surface area contributed by atoms with E-state index in [1.54, 1.807) is 31.4 Å². The fourth-order valence-electron chi connectivity index (χ4n) is 2.10. The maximum absolute atomic E-state index is 12.2. The zero-order chi connectivity index (χ0) is 16.2. The predicted octanol–water partition coefficient (Wildman–Crippen LogP) is 1.38. The standard InChI is InChI=1S/C15H15N5O3/c1-22-12-7-3-2-6-11(12)20-14(16)13(18-19-20)15(21)17-9-10-5-4-8-23-10/h2-8H,9,16H2,1H3,(H,17,21). The summed E-state index contributed by atoms with van der Waals surface area (Å²) in [6.45, 7) is 0.243. The van der Waals surface area contributed by atoms with E-state index in [1.807, 2.05) is 12.1 Å². The highest BCUT2D eigenvalue weighted by molar-refractivity contribution is 5.96. The van der Waals surface area contributed by atoms with Crippen molar-refractivity contribution in [2.24, 2.45) is 0 Å². The lowest BCUT2D eigenvalue weighted by molar-refractivity contribution is 0.0944. The van der Waals surface area contributed by atoms with E-state index in [2.05, 4.69) is 15.6 Å². The van der Waals surface area contributed by atoms with Gasteiger partial charge in [-0.15, -0.1) is 5.10 Å². The van der Waals surface area contributed by atoms with E-state index in [9.17, 15) is 4.79 Å². The Morgan fingerprint density at radius 1 is 1.35 bits per heavy atom. The number of hydrogen-bond acceptors (Lipinski definition) is 6. The van der Waals surface area contributed by atoms with E-state index in [4.69, 9.17) is 14.9 Å². The van der Waals surface area contributed by atoms with Crippen LogP contribution < -0.4 is 15.8 Å². The fourth-order valence-corrected chi connectivity index (χ4v) is 2.10. The van der Waals surface area contributed by atoms with Crippen molar-refractivity contribution < 1.29 is 13.9 Å². The Labute approximate surface area is 131 Å². The number of nitrogens with one attached hydrogen (secondary N) is 1. The molecule has 118 valence electrons. The first-order valence-electron chi connectivity index (χ1n) is 6.86. The van der Waals surface area contributed by atoms with Crippen molar-refractivity contribution in [1.82, 2.24) is 20.3 Å². The van der Waals surface area contributed by atoms with E-state index in [0.717, 1.165) is 0 Å². The van der Waals surface area contributed by atoms with Crippen molar-refractivity contribution >= 4 is 11.7 Å². The first kappa shape index (κ1) is 14.6. The summed E-state index contributed by atoms with van der Waals surface area (Å²) < 4.78 is 11.8. The Morgan fingerprint density at radius 3 is 2.91 bits per heavy atom. The van der Waals surface area contributed by atoms with Gasteiger partial charge in [-0.3, -0.25) is 4.79 Å². The molecule has 0 radical (unpaired) electrons. The smallest absolute Gasteiger partial charge is 0.276 e. The monoisotopic (exact) mass is 313 g/mol. The van der Waals surface area contributed by atoms with E-state index in [0.29, 0.717) is 17.2 Å². The number of nitrogens with two attached hydrogens (primary N) is 1. The third kappa shape index (κ3) is 2.86. The summed E-state index contributed by atoms with van der Waals surface area (Å²) in [4.78, 5) is 12.2. The van der Waals surface area contributed by atoms with Crippen molar-refractivity contribution in [2.45, 2.75) is 6.54 Å². The number of carbonyl (C=O) groups excluding carboxylic acids is 1. The van der Waals surface area contributed by atoms with Gasteiger partial charge in [0.15, 0.2) is 11.5 Å². The molecule has 3 aromatic rings. The van der Waals surface area contributed by atoms with Gasteiger partial charge in [-0.25, -0.2) is 0 Å². The largest absolute Gasteiger partial charge is 0.494 e. The van der Waals surface area contributed by atoms with Gasteiger partial charge in [-0.2, -0.15) is 4.68 Å². The van der Waals surface area contributed by atoms with Crippen LogP contribution in [0.5, 0.6) is 5.75 Å². The molecule has 0 aliphatic heterocycles. The van der Waals surface area contributed by atoms with Crippen LogP contribution in [-0.4, -0.2) is 28.0 Å². The predicted molar refractivity (Wildman–Crippen MR) is 82.2 cm³/mol. The molecule has 1 amide bonds. The second kappa shape index (κ2) is 6.22. The fraction of sp³-hybridized carbons (Fsp3) is 0.133. The van der Waals surface area contributed by atoms with Gasteiger partial charge in [0.1, 0.15) is 17.2 Å². The second-order valence-corrected chi connectivity index (χ2v) is 4.67. The molecule has 8 heteroatoms. The average Bonchev–Trinajstić information content (AvgIpc) is 3.22. The molecule has 8 nitrogen and oxygen atoms in total. The van der Waals surface area contributed by atoms with Crippen LogP contribution in [-0.2, 0) is 6.54 Å². The Balaban J connectivity index is 1.82. The van der Waals surface area contributed by atoms with E-state index >= 15 is 0 Å². The van der Waals surface area contributed by atoms with E-state index in [1.165, 1.54) is 10.9 Å². The maximum Gasteiger partial charge on any atom is 0.276 e. The number of carbonyl (C=O) groups is 1. The third-order valence-corrected chi connectivity index (χ3v) is 3.24. The van der Waals surface area contributed by atoms with Crippen LogP contribution in [0.15, 0.2) is 47.1 Å². The van der Waals surface area contributed by atoms with Gasteiger partial charge >= 0.3 is 0 Å². The quantitative estimate of drug-likeness (QED) is 0.736. The Kier molecular flexibility index (Phi) is 3.96. The second-order valence-electron chi connectivity index (χ2n) is 4.67. The topological polar surface area (TPSA) is 108 Å². The number of amides is 1. The number of rotatable bonds is 5. The highest BCUT2D eigenvalue weighted by Crippen LogP contribution is 2.24. The zero-order valence-corrected chi connectivity index (χ0v) is 12.4. The maximum atomic E-state index is 12.2. The number of ether oxygens (including phenoxy) is 1. The minimum Gasteiger partial charge on any atom is -0.494 e. The Hall–Kier alpha value is -3.29. The van der Waals surface area contributed by atoms with Crippen molar-refractivity contribution in [3.8, 4) is 11.4 Å². The normalized spacial score (nSPS) is 10.5. The third-order valence-electron chi connectivity index (χ3n) is 3.24. The van der Waals surface area contributed by atoms with Crippen LogP contribution in [0.2, 0.25) is 0 Å². The minimum atomic E-state index is -0.431. The zero-order valence-electron chi connectivity index (χ0n) is 12.4. The highest BCUT2D eigenvalue weighted by atomic mass is 16.5. The molecule has 0 atom stereocenters. The van der Waals surface area contributed by atoms with E-state index in [-0.39, 0.29) is 18.1 Å². The molecule has 0 spiro atoms. The molecule has 0 aliphatic rings. The summed E-state index contributed by atoms with van der Waals surface area (Å²) in [5.41, 5.74) is 6.65. The summed E-state index contributed by atoms with van der Waals surface area (Å²) >= 11 is 0. The Morgan fingerprint density at radius 2 is 2.17 bits per heavy atom. The number of furan rings is 1. The molecule has 0 fully saturated rings. The molecular weight excluding hydrogens is 298 g/mol. The summed E-state index contributed by atoms with van der Waals surface area (Å²) in [6, 6.07) is 10.7. The molecule has 2 aromatic heterocycles. The molecular formula is C15H15N5O3. The summed E-state index contributed by atoms with van der Waals surface area (Å²) in [5, 5.41) is 10.5. The van der Waals surface area contributed by atoms with Crippen LogP contribution in [0.1, 0.15) is 16.2 Å². The summed E-state index contributed by atoms with van der Waals surface area (Å²) in [7, 11) is 1.54. The summed E-state index contributed by atoms with van der Waals surface area (Å²) in [6.07, 6.45) is 1.54. The van der Waals surface area contributed by atoms with Crippen molar-refractivity contribution in [2.75, 3.05) is 12.8 Å². The number of nitrogen functional groups attached to an aromatic ring is 1. The minimum absolute atomic E-state index is 0.0439. The molecule has 0 unspecified atom stereocenters. The average molecular weight is 313 g/mol. The van der Waals surface area contributed by atoms with Crippen LogP contribution >= 0.6 is 0 Å². The lowest BCUT2D eigenvalue weighted by Crippen LogP contribution is -2.24. The van der Waals surface area contributed by atoms with Crippen molar-refractivity contribution in [3.63, 3.8) is 0 Å². The lowest BCUT2D eigenvalue weighted by Gasteiger charge is -2.08. The molecule has 23 heavy (non-hydrogen) atoms. The number of para-hydroxylation sites is 2. The van der Waals surface area contributed by atoms with E-state index < -0.39 is 5.91 Å². The summed E-state index contributed by atoms with van der Waals surface area (Å²) in [5.74, 6) is 0.909. The molecule has 0 saturated heterocycles. The molecule has 0 aliphatic carbocycles. The number of benzene rings is 1. The molecule has 0 saturated carbocycles. The first-order valence-corrected chi connectivity index (χ1v) is 6.86. The van der Waals surface area contributed by atoms with Gasteiger partial charge in [0.05, 0.1) is 19.9 Å².